The molecule has 1 aliphatic carbocycles. The molecule has 0 aromatic heterocycles. The van der Waals surface area contributed by atoms with E-state index in [1.807, 2.05) is 6.08 Å². The molecule has 0 heterocycles. The Labute approximate surface area is 121 Å². The van der Waals surface area contributed by atoms with Crippen LogP contribution in [0.4, 0.5) is 0 Å². The Hall–Kier alpha value is -0.300. The molecule has 1 nitrogen and oxygen atoms in total. The molecule has 1 fully saturated rings. The van der Waals surface area contributed by atoms with Crippen molar-refractivity contribution in [2.24, 2.45) is 11.8 Å². The van der Waals surface area contributed by atoms with Crippen molar-refractivity contribution < 1.29 is 0 Å². The molecule has 1 rings (SSSR count). The first-order valence-corrected chi connectivity index (χ1v) is 8.60. The number of nitrogens with one attached hydrogen (secondary N) is 1. The second-order valence-electron chi connectivity index (χ2n) is 6.39. The zero-order valence-electron chi connectivity index (χ0n) is 13.3. The van der Waals surface area contributed by atoms with E-state index in [9.17, 15) is 0 Å². The Morgan fingerprint density at radius 3 is 2.47 bits per heavy atom. The lowest BCUT2D eigenvalue weighted by atomic mass is 9.76. The highest BCUT2D eigenvalue weighted by atomic mass is 14.9. The number of hydrogen-bond acceptors (Lipinski definition) is 1. The summed E-state index contributed by atoms with van der Waals surface area (Å²) in [5, 5.41) is 3.59. The summed E-state index contributed by atoms with van der Waals surface area (Å²) in [4.78, 5) is 0. The molecule has 1 saturated carbocycles. The molecule has 0 bridgehead atoms. The van der Waals surface area contributed by atoms with Crippen LogP contribution in [0, 0.1) is 11.8 Å². The van der Waals surface area contributed by atoms with Crippen molar-refractivity contribution in [3.63, 3.8) is 0 Å². The highest BCUT2D eigenvalue weighted by Gasteiger charge is 2.25. The van der Waals surface area contributed by atoms with Crippen molar-refractivity contribution in [1.29, 1.82) is 0 Å². The van der Waals surface area contributed by atoms with E-state index in [2.05, 4.69) is 25.9 Å². The molecule has 19 heavy (non-hydrogen) atoms. The minimum absolute atomic E-state index is 0.770. The molecule has 112 valence electrons. The van der Waals surface area contributed by atoms with E-state index in [0.717, 1.165) is 17.9 Å². The van der Waals surface area contributed by atoms with Crippen LogP contribution in [0.15, 0.2) is 12.7 Å². The first-order valence-electron chi connectivity index (χ1n) is 8.60. The zero-order chi connectivity index (χ0) is 13.9. The van der Waals surface area contributed by atoms with Crippen LogP contribution in [-0.4, -0.2) is 13.1 Å². The van der Waals surface area contributed by atoms with Gasteiger partial charge in [0.1, 0.15) is 0 Å². The van der Waals surface area contributed by atoms with Crippen LogP contribution in [0.25, 0.3) is 0 Å². The van der Waals surface area contributed by atoms with E-state index in [1.165, 1.54) is 70.6 Å². The third kappa shape index (κ3) is 6.61. The van der Waals surface area contributed by atoms with E-state index in [1.54, 1.807) is 0 Å². The van der Waals surface area contributed by atoms with Crippen LogP contribution in [0.3, 0.4) is 0 Å². The van der Waals surface area contributed by atoms with Gasteiger partial charge in [-0.15, -0.1) is 6.58 Å². The average Bonchev–Trinajstić information content (AvgIpc) is 2.44. The molecule has 0 aromatic carbocycles. The molecular weight excluding hydrogens is 230 g/mol. The van der Waals surface area contributed by atoms with Crippen LogP contribution >= 0.6 is 0 Å². The SMILES string of the molecule is C=CCCCCCC(NC)C1CCC(CCC)CC1. The van der Waals surface area contributed by atoms with Gasteiger partial charge in [-0.25, -0.2) is 0 Å². The van der Waals surface area contributed by atoms with Gasteiger partial charge in [0.05, 0.1) is 0 Å². The van der Waals surface area contributed by atoms with Crippen molar-refractivity contribution >= 4 is 0 Å². The maximum atomic E-state index is 3.79. The van der Waals surface area contributed by atoms with Gasteiger partial charge in [0.2, 0.25) is 0 Å². The molecule has 1 unspecified atom stereocenters. The molecule has 0 aromatic rings. The average molecular weight is 265 g/mol. The standard InChI is InChI=1S/C18H35N/c1-4-6-7-8-9-11-18(19-3)17-14-12-16(10-5-2)13-15-17/h4,16-19H,1,5-15H2,2-3H3. The fourth-order valence-corrected chi connectivity index (χ4v) is 3.73. The number of rotatable bonds is 10. The summed E-state index contributed by atoms with van der Waals surface area (Å²) in [7, 11) is 2.16. The maximum absolute atomic E-state index is 3.79. The van der Waals surface area contributed by atoms with Crippen LogP contribution in [0.1, 0.15) is 77.6 Å². The topological polar surface area (TPSA) is 12.0 Å². The van der Waals surface area contributed by atoms with Crippen LogP contribution in [0.5, 0.6) is 0 Å². The number of hydrogen-bond donors (Lipinski definition) is 1. The normalized spacial score (nSPS) is 25.2. The minimum atomic E-state index is 0.770. The van der Waals surface area contributed by atoms with E-state index in [0.29, 0.717) is 0 Å². The lowest BCUT2D eigenvalue weighted by Gasteiger charge is -2.34. The quantitative estimate of drug-likeness (QED) is 0.416. The van der Waals surface area contributed by atoms with Crippen LogP contribution in [-0.2, 0) is 0 Å². The summed E-state index contributed by atoms with van der Waals surface area (Å²) in [6.07, 6.45) is 17.4. The Balaban J connectivity index is 2.18. The fraction of sp³-hybridized carbons (Fsp3) is 0.889. The molecule has 1 aliphatic rings. The highest BCUT2D eigenvalue weighted by molar-refractivity contribution is 4.81. The number of allylic oxidation sites excluding steroid dienone is 1. The molecule has 0 spiro atoms. The lowest BCUT2D eigenvalue weighted by molar-refractivity contribution is 0.210. The molecular formula is C18H35N. The van der Waals surface area contributed by atoms with Gasteiger partial charge in [-0.3, -0.25) is 0 Å². The van der Waals surface area contributed by atoms with Gasteiger partial charge in [0.15, 0.2) is 0 Å². The summed E-state index contributed by atoms with van der Waals surface area (Å²) < 4.78 is 0. The van der Waals surface area contributed by atoms with Gasteiger partial charge in [0.25, 0.3) is 0 Å². The first kappa shape index (κ1) is 16.8. The van der Waals surface area contributed by atoms with Gasteiger partial charge in [-0.1, -0.05) is 51.5 Å². The maximum Gasteiger partial charge on any atom is 0.00923 e. The van der Waals surface area contributed by atoms with Gasteiger partial charge in [-0.2, -0.15) is 0 Å². The Morgan fingerprint density at radius 2 is 1.89 bits per heavy atom. The van der Waals surface area contributed by atoms with E-state index in [-0.39, 0.29) is 0 Å². The second-order valence-corrected chi connectivity index (χ2v) is 6.39. The Morgan fingerprint density at radius 1 is 1.16 bits per heavy atom. The third-order valence-corrected chi connectivity index (χ3v) is 4.95. The molecule has 1 atom stereocenters. The predicted octanol–water partition coefficient (Wildman–Crippen LogP) is 5.32. The lowest BCUT2D eigenvalue weighted by Crippen LogP contribution is -2.35. The van der Waals surface area contributed by atoms with Crippen molar-refractivity contribution in [3.8, 4) is 0 Å². The zero-order valence-corrected chi connectivity index (χ0v) is 13.3. The summed E-state index contributed by atoms with van der Waals surface area (Å²) in [6, 6.07) is 0.770. The third-order valence-electron chi connectivity index (χ3n) is 4.95. The molecule has 1 heteroatoms. The smallest absolute Gasteiger partial charge is 0.00923 e. The monoisotopic (exact) mass is 265 g/mol. The molecule has 0 radical (unpaired) electrons. The van der Waals surface area contributed by atoms with E-state index < -0.39 is 0 Å². The van der Waals surface area contributed by atoms with Gasteiger partial charge in [0, 0.05) is 6.04 Å². The van der Waals surface area contributed by atoms with E-state index >= 15 is 0 Å². The van der Waals surface area contributed by atoms with Gasteiger partial charge in [-0.05, 0) is 51.0 Å². The van der Waals surface area contributed by atoms with Crippen LogP contribution < -0.4 is 5.32 Å². The van der Waals surface area contributed by atoms with Crippen molar-refractivity contribution in [3.05, 3.63) is 12.7 Å². The van der Waals surface area contributed by atoms with Crippen molar-refractivity contribution in [2.45, 2.75) is 83.6 Å². The molecule has 0 amide bonds. The van der Waals surface area contributed by atoms with Crippen LogP contribution in [0.2, 0.25) is 0 Å². The highest BCUT2D eigenvalue weighted by Crippen LogP contribution is 2.34. The second kappa shape index (κ2) is 10.5. The van der Waals surface area contributed by atoms with Gasteiger partial charge >= 0.3 is 0 Å². The number of unbranched alkanes of at least 4 members (excludes halogenated alkanes) is 3. The van der Waals surface area contributed by atoms with Gasteiger partial charge < -0.3 is 5.32 Å². The summed E-state index contributed by atoms with van der Waals surface area (Å²) in [5.41, 5.74) is 0. The largest absolute Gasteiger partial charge is 0.317 e. The van der Waals surface area contributed by atoms with Crippen molar-refractivity contribution in [1.82, 2.24) is 5.32 Å². The van der Waals surface area contributed by atoms with E-state index in [4.69, 9.17) is 0 Å². The minimum Gasteiger partial charge on any atom is -0.317 e. The Kier molecular flexibility index (Phi) is 9.24. The summed E-state index contributed by atoms with van der Waals surface area (Å²) in [6.45, 7) is 6.12. The Bertz CT molecular complexity index is 216. The molecule has 0 saturated heterocycles. The predicted molar refractivity (Wildman–Crippen MR) is 86.5 cm³/mol. The molecule has 1 N–H and O–H groups in total. The summed E-state index contributed by atoms with van der Waals surface area (Å²) in [5.74, 6) is 1.98. The van der Waals surface area contributed by atoms with Crippen molar-refractivity contribution in [2.75, 3.05) is 7.05 Å². The fourth-order valence-electron chi connectivity index (χ4n) is 3.73. The first-order chi connectivity index (χ1) is 9.31. The molecule has 0 aliphatic heterocycles. The summed E-state index contributed by atoms with van der Waals surface area (Å²) >= 11 is 0.